The van der Waals surface area contributed by atoms with Gasteiger partial charge in [0.2, 0.25) is 0 Å². The SMILES string of the molecule is CC(C)(C)OC(=O)N1Cc2ccccc2C[C@@H]1CN(C/C=C/CNCC1CCOCC1)[C@H]1CCCc2cccnc21. The third-order valence-electron chi connectivity index (χ3n) is 8.58. The van der Waals surface area contributed by atoms with Gasteiger partial charge < -0.3 is 14.8 Å². The zero-order valence-corrected chi connectivity index (χ0v) is 25.2. The van der Waals surface area contributed by atoms with E-state index >= 15 is 0 Å². The van der Waals surface area contributed by atoms with Crippen molar-refractivity contribution in [2.24, 2.45) is 5.92 Å². The van der Waals surface area contributed by atoms with Crippen LogP contribution in [0.4, 0.5) is 4.79 Å². The van der Waals surface area contributed by atoms with Crippen LogP contribution in [0.1, 0.15) is 74.9 Å². The molecule has 3 aliphatic rings. The number of fused-ring (bicyclic) bond motifs is 2. The van der Waals surface area contributed by atoms with Crippen molar-refractivity contribution in [3.63, 3.8) is 0 Å². The van der Waals surface area contributed by atoms with Crippen molar-refractivity contribution in [1.29, 1.82) is 0 Å². The molecule has 1 N–H and O–H groups in total. The molecular weight excluding hydrogens is 512 g/mol. The minimum atomic E-state index is -0.537. The Balaban J connectivity index is 1.33. The van der Waals surface area contributed by atoms with Crippen molar-refractivity contribution in [1.82, 2.24) is 20.1 Å². The maximum atomic E-state index is 13.5. The fourth-order valence-electron chi connectivity index (χ4n) is 6.44. The molecule has 7 heteroatoms. The van der Waals surface area contributed by atoms with E-state index in [1.165, 1.54) is 22.4 Å². The van der Waals surface area contributed by atoms with E-state index in [4.69, 9.17) is 14.5 Å². The number of ether oxygens (including phenoxy) is 2. The first-order chi connectivity index (χ1) is 19.9. The molecule has 0 bridgehead atoms. The monoisotopic (exact) mass is 560 g/mol. The van der Waals surface area contributed by atoms with Crippen LogP contribution in [0.5, 0.6) is 0 Å². The van der Waals surface area contributed by atoms with Crippen LogP contribution >= 0.6 is 0 Å². The third kappa shape index (κ3) is 8.18. The van der Waals surface area contributed by atoms with Crippen LogP contribution in [-0.4, -0.2) is 71.9 Å². The standard InChI is InChI=1S/C34H48N4O3/c1-34(2,3)41-33(39)38-24-29-11-5-4-10-28(29)22-30(38)25-37(31-14-8-12-27-13-9-18-36-32(27)31)19-7-6-17-35-23-26-15-20-40-21-16-26/h4-7,9-11,13,18,26,30-31,35H,8,12,14-17,19-25H2,1-3H3/b7-6+/t30-,31+/m1/s1. The molecule has 1 saturated heterocycles. The smallest absolute Gasteiger partial charge is 0.410 e. The maximum Gasteiger partial charge on any atom is 0.410 e. The quantitative estimate of drug-likeness (QED) is 0.314. The number of aromatic nitrogens is 1. The Morgan fingerprint density at radius 3 is 2.68 bits per heavy atom. The highest BCUT2D eigenvalue weighted by atomic mass is 16.6. The Hall–Kier alpha value is -2.74. The summed E-state index contributed by atoms with van der Waals surface area (Å²) in [5, 5.41) is 3.62. The van der Waals surface area contributed by atoms with Gasteiger partial charge in [0, 0.05) is 45.6 Å². The summed E-state index contributed by atoms with van der Waals surface area (Å²) >= 11 is 0. The van der Waals surface area contributed by atoms with Gasteiger partial charge in [-0.25, -0.2) is 4.79 Å². The van der Waals surface area contributed by atoms with Gasteiger partial charge in [0.1, 0.15) is 5.60 Å². The average Bonchev–Trinajstić information content (AvgIpc) is 2.97. The van der Waals surface area contributed by atoms with Crippen LogP contribution in [0.2, 0.25) is 0 Å². The molecule has 1 aromatic carbocycles. The molecule has 222 valence electrons. The largest absolute Gasteiger partial charge is 0.444 e. The highest BCUT2D eigenvalue weighted by Crippen LogP contribution is 2.34. The Morgan fingerprint density at radius 2 is 1.88 bits per heavy atom. The number of amides is 1. The number of nitrogens with zero attached hydrogens (tertiary/aromatic N) is 3. The van der Waals surface area contributed by atoms with E-state index in [1.54, 1.807) is 0 Å². The summed E-state index contributed by atoms with van der Waals surface area (Å²) in [7, 11) is 0. The predicted octanol–water partition coefficient (Wildman–Crippen LogP) is 5.70. The molecule has 0 radical (unpaired) electrons. The summed E-state index contributed by atoms with van der Waals surface area (Å²) in [6.45, 7) is 11.7. The summed E-state index contributed by atoms with van der Waals surface area (Å²) in [5.41, 5.74) is 4.55. The first-order valence-electron chi connectivity index (χ1n) is 15.5. The Kier molecular flexibility index (Phi) is 10.1. The first kappa shape index (κ1) is 29.7. The van der Waals surface area contributed by atoms with Gasteiger partial charge in [-0.05, 0) is 94.5 Å². The number of aryl methyl sites for hydroxylation is 1. The number of pyridine rings is 1. The van der Waals surface area contributed by atoms with Gasteiger partial charge in [0.15, 0.2) is 0 Å². The molecule has 1 aromatic heterocycles. The van der Waals surface area contributed by atoms with Crippen molar-refractivity contribution in [3.8, 4) is 0 Å². The molecule has 0 unspecified atom stereocenters. The van der Waals surface area contributed by atoms with Crippen molar-refractivity contribution in [2.75, 3.05) is 39.4 Å². The van der Waals surface area contributed by atoms with Crippen molar-refractivity contribution < 1.29 is 14.3 Å². The van der Waals surface area contributed by atoms with E-state index in [2.05, 4.69) is 58.8 Å². The van der Waals surface area contributed by atoms with Crippen LogP contribution in [0, 0.1) is 5.92 Å². The molecule has 7 nitrogen and oxygen atoms in total. The molecule has 2 atom stereocenters. The second-order valence-electron chi connectivity index (χ2n) is 12.8. The molecular formula is C34H48N4O3. The number of carbonyl (C=O) groups excluding carboxylic acids is 1. The van der Waals surface area contributed by atoms with Gasteiger partial charge >= 0.3 is 6.09 Å². The lowest BCUT2D eigenvalue weighted by atomic mass is 9.89. The fourth-order valence-corrected chi connectivity index (χ4v) is 6.44. The number of carbonyl (C=O) groups is 1. The van der Waals surface area contributed by atoms with Crippen LogP contribution in [0.25, 0.3) is 0 Å². The highest BCUT2D eigenvalue weighted by molar-refractivity contribution is 5.69. The number of nitrogens with one attached hydrogen (secondary N) is 1. The Bertz CT molecular complexity index is 1170. The molecule has 41 heavy (non-hydrogen) atoms. The van der Waals surface area contributed by atoms with Crippen LogP contribution in [0.15, 0.2) is 54.7 Å². The molecule has 3 heterocycles. The van der Waals surface area contributed by atoms with Gasteiger partial charge in [-0.1, -0.05) is 42.5 Å². The zero-order valence-electron chi connectivity index (χ0n) is 25.2. The Labute approximate surface area is 246 Å². The molecule has 5 rings (SSSR count). The van der Waals surface area contributed by atoms with Crippen LogP contribution in [-0.2, 0) is 28.9 Å². The third-order valence-corrected chi connectivity index (χ3v) is 8.58. The van der Waals surface area contributed by atoms with Gasteiger partial charge in [-0.2, -0.15) is 0 Å². The van der Waals surface area contributed by atoms with E-state index in [9.17, 15) is 4.79 Å². The molecule has 1 amide bonds. The maximum absolute atomic E-state index is 13.5. The normalized spacial score (nSPS) is 21.6. The van der Waals surface area contributed by atoms with Crippen LogP contribution < -0.4 is 5.32 Å². The van der Waals surface area contributed by atoms with Gasteiger partial charge in [0.05, 0.1) is 17.8 Å². The van der Waals surface area contributed by atoms with E-state index in [1.807, 2.05) is 31.9 Å². The minimum absolute atomic E-state index is 0.0221. The molecule has 0 saturated carbocycles. The van der Waals surface area contributed by atoms with Gasteiger partial charge in [-0.15, -0.1) is 0 Å². The first-order valence-corrected chi connectivity index (χ1v) is 15.5. The van der Waals surface area contributed by atoms with Crippen LogP contribution in [0.3, 0.4) is 0 Å². The second-order valence-corrected chi connectivity index (χ2v) is 12.8. The number of hydrogen-bond donors (Lipinski definition) is 1. The van der Waals surface area contributed by atoms with E-state index < -0.39 is 5.60 Å². The summed E-state index contributed by atoms with van der Waals surface area (Å²) in [6.07, 6.45) is 12.7. The summed E-state index contributed by atoms with van der Waals surface area (Å²) < 4.78 is 11.4. The number of hydrogen-bond acceptors (Lipinski definition) is 6. The summed E-state index contributed by atoms with van der Waals surface area (Å²) in [4.78, 5) is 22.9. The Morgan fingerprint density at radius 1 is 1.10 bits per heavy atom. The molecule has 1 fully saturated rings. The lowest BCUT2D eigenvalue weighted by Gasteiger charge is -2.42. The average molecular weight is 561 g/mol. The second kappa shape index (κ2) is 14.0. The van der Waals surface area contributed by atoms with Crippen molar-refractivity contribution in [2.45, 2.75) is 83.5 Å². The molecule has 1 aliphatic carbocycles. The lowest BCUT2D eigenvalue weighted by Crippen LogP contribution is -2.52. The summed E-state index contributed by atoms with van der Waals surface area (Å²) in [6, 6.07) is 13.0. The van der Waals surface area contributed by atoms with E-state index in [0.717, 1.165) is 77.9 Å². The van der Waals surface area contributed by atoms with Crippen molar-refractivity contribution in [3.05, 3.63) is 77.1 Å². The summed E-state index contributed by atoms with van der Waals surface area (Å²) in [5.74, 6) is 0.714. The highest BCUT2D eigenvalue weighted by Gasteiger charge is 2.36. The van der Waals surface area contributed by atoms with Crippen molar-refractivity contribution >= 4 is 6.09 Å². The van der Waals surface area contributed by atoms with E-state index in [-0.39, 0.29) is 18.2 Å². The zero-order chi connectivity index (χ0) is 28.7. The molecule has 2 aromatic rings. The minimum Gasteiger partial charge on any atom is -0.444 e. The van der Waals surface area contributed by atoms with E-state index in [0.29, 0.717) is 12.5 Å². The fraction of sp³-hybridized carbons (Fsp3) is 0.588. The van der Waals surface area contributed by atoms with Gasteiger partial charge in [-0.3, -0.25) is 14.8 Å². The predicted molar refractivity (Wildman–Crippen MR) is 163 cm³/mol. The molecule has 2 aliphatic heterocycles. The molecule has 0 spiro atoms. The number of benzene rings is 1. The number of rotatable bonds is 9. The van der Waals surface area contributed by atoms with Gasteiger partial charge in [0.25, 0.3) is 0 Å². The topological polar surface area (TPSA) is 66.9 Å². The lowest BCUT2D eigenvalue weighted by molar-refractivity contribution is 0.00547.